The fraction of sp³-hybridized carbons (Fsp3) is 0.542. The number of hydrogen-bond acceptors (Lipinski definition) is 5. The Kier molecular flexibility index (Phi) is 7.22. The molecule has 3 heterocycles. The highest BCUT2D eigenvalue weighted by molar-refractivity contribution is 7.80. The van der Waals surface area contributed by atoms with E-state index in [1.807, 2.05) is 18.2 Å². The largest absolute Gasteiger partial charge is 0.356 e. The Morgan fingerprint density at radius 2 is 1.68 bits per heavy atom. The van der Waals surface area contributed by atoms with Crippen LogP contribution in [-0.2, 0) is 0 Å². The number of rotatable bonds is 5. The molecule has 1 aromatic heterocycles. The van der Waals surface area contributed by atoms with Crippen LogP contribution in [0.25, 0.3) is 0 Å². The van der Waals surface area contributed by atoms with E-state index in [9.17, 15) is 0 Å². The third-order valence-corrected chi connectivity index (χ3v) is 6.45. The van der Waals surface area contributed by atoms with E-state index in [2.05, 4.69) is 52.5 Å². The van der Waals surface area contributed by atoms with Gasteiger partial charge in [0.2, 0.25) is 5.95 Å². The van der Waals surface area contributed by atoms with Gasteiger partial charge in [-0.05, 0) is 62.7 Å². The summed E-state index contributed by atoms with van der Waals surface area (Å²) in [7, 11) is 0. The molecule has 2 N–H and O–H groups in total. The van der Waals surface area contributed by atoms with E-state index in [4.69, 9.17) is 22.2 Å². The van der Waals surface area contributed by atoms with Gasteiger partial charge in [-0.1, -0.05) is 37.3 Å². The number of aromatic nitrogens is 2. The van der Waals surface area contributed by atoms with Gasteiger partial charge in [0, 0.05) is 32.2 Å². The summed E-state index contributed by atoms with van der Waals surface area (Å²) >= 11 is 5.60. The van der Waals surface area contributed by atoms with E-state index >= 15 is 0 Å². The summed E-state index contributed by atoms with van der Waals surface area (Å²) in [6.45, 7) is 8.63. The Morgan fingerprint density at radius 3 is 2.39 bits per heavy atom. The van der Waals surface area contributed by atoms with Gasteiger partial charge in [0.15, 0.2) is 5.11 Å². The van der Waals surface area contributed by atoms with Crippen molar-refractivity contribution in [3.05, 3.63) is 42.0 Å². The second-order valence-corrected chi connectivity index (χ2v) is 9.29. The van der Waals surface area contributed by atoms with Gasteiger partial charge in [0.25, 0.3) is 0 Å². The smallest absolute Gasteiger partial charge is 0.232 e. The van der Waals surface area contributed by atoms with Crippen LogP contribution in [-0.4, -0.2) is 41.3 Å². The maximum atomic E-state index is 5.60. The zero-order valence-electron chi connectivity index (χ0n) is 18.7. The van der Waals surface area contributed by atoms with Crippen molar-refractivity contribution in [2.45, 2.75) is 52.0 Å². The lowest BCUT2D eigenvalue weighted by atomic mass is 10.0. The first-order valence-electron chi connectivity index (χ1n) is 11.6. The van der Waals surface area contributed by atoms with E-state index in [1.54, 1.807) is 0 Å². The molecule has 6 nitrogen and oxygen atoms in total. The average molecular weight is 439 g/mol. The average Bonchev–Trinajstić information content (AvgIpc) is 2.80. The third-order valence-electron chi connectivity index (χ3n) is 6.23. The molecular formula is C24H34N6S. The van der Waals surface area contributed by atoms with Gasteiger partial charge in [-0.3, -0.25) is 0 Å². The van der Waals surface area contributed by atoms with Crippen molar-refractivity contribution >= 4 is 34.9 Å². The molecule has 7 heteroatoms. The summed E-state index contributed by atoms with van der Waals surface area (Å²) in [5.41, 5.74) is 1.19. The molecule has 2 aliphatic rings. The molecule has 2 fully saturated rings. The molecule has 0 spiro atoms. The highest BCUT2D eigenvalue weighted by Crippen LogP contribution is 2.27. The van der Waals surface area contributed by atoms with Crippen LogP contribution in [0.5, 0.6) is 0 Å². The van der Waals surface area contributed by atoms with E-state index in [1.165, 1.54) is 37.7 Å². The molecule has 0 bridgehead atoms. The highest BCUT2D eigenvalue weighted by Gasteiger charge is 2.21. The van der Waals surface area contributed by atoms with Crippen molar-refractivity contribution in [2.24, 2.45) is 5.92 Å². The van der Waals surface area contributed by atoms with Crippen molar-refractivity contribution in [3.8, 4) is 0 Å². The van der Waals surface area contributed by atoms with Crippen molar-refractivity contribution < 1.29 is 0 Å². The monoisotopic (exact) mass is 438 g/mol. The second-order valence-electron chi connectivity index (χ2n) is 8.88. The molecule has 2 atom stereocenters. The summed E-state index contributed by atoms with van der Waals surface area (Å²) in [6, 6.07) is 12.6. The van der Waals surface area contributed by atoms with Crippen molar-refractivity contribution in [1.82, 2.24) is 15.3 Å². The number of thiocarbonyl (C=S) groups is 1. The second kappa shape index (κ2) is 10.3. The first-order chi connectivity index (χ1) is 15.1. The Balaban J connectivity index is 1.52. The lowest BCUT2D eigenvalue weighted by Gasteiger charge is -2.33. The molecule has 0 radical (unpaired) electrons. The summed E-state index contributed by atoms with van der Waals surface area (Å²) in [5, 5.41) is 7.17. The minimum Gasteiger partial charge on any atom is -0.356 e. The highest BCUT2D eigenvalue weighted by atomic mass is 32.1. The lowest BCUT2D eigenvalue weighted by Crippen LogP contribution is -2.36. The number of hydrogen-bond donors (Lipinski definition) is 2. The number of anilines is 3. The summed E-state index contributed by atoms with van der Waals surface area (Å²) in [5.74, 6) is 3.27. The molecule has 31 heavy (non-hydrogen) atoms. The maximum absolute atomic E-state index is 5.60. The zero-order chi connectivity index (χ0) is 21.6. The Morgan fingerprint density at radius 1 is 1.00 bits per heavy atom. The summed E-state index contributed by atoms with van der Waals surface area (Å²) in [6.07, 6.45) is 6.24. The first kappa shape index (κ1) is 21.8. The Hall–Kier alpha value is -2.41. The minimum absolute atomic E-state index is 0.105. The molecular weight excluding hydrogens is 404 g/mol. The molecule has 166 valence electrons. The predicted molar refractivity (Wildman–Crippen MR) is 133 cm³/mol. The van der Waals surface area contributed by atoms with Gasteiger partial charge in [0.05, 0.1) is 6.04 Å². The van der Waals surface area contributed by atoms with Crippen LogP contribution in [0.1, 0.15) is 57.6 Å². The van der Waals surface area contributed by atoms with Gasteiger partial charge >= 0.3 is 0 Å². The fourth-order valence-electron chi connectivity index (χ4n) is 4.48. The van der Waals surface area contributed by atoms with Crippen LogP contribution in [0.2, 0.25) is 0 Å². The van der Waals surface area contributed by atoms with Gasteiger partial charge < -0.3 is 20.4 Å². The molecule has 1 aromatic carbocycles. The van der Waals surface area contributed by atoms with Gasteiger partial charge in [-0.15, -0.1) is 0 Å². The lowest BCUT2D eigenvalue weighted by molar-refractivity contribution is 0.444. The third kappa shape index (κ3) is 5.85. The van der Waals surface area contributed by atoms with Gasteiger partial charge in [-0.25, -0.2) is 0 Å². The van der Waals surface area contributed by atoms with Crippen molar-refractivity contribution in [1.29, 1.82) is 0 Å². The summed E-state index contributed by atoms with van der Waals surface area (Å²) in [4.78, 5) is 14.5. The van der Waals surface area contributed by atoms with E-state index in [0.717, 1.165) is 37.8 Å². The quantitative estimate of drug-likeness (QED) is 0.653. The predicted octanol–water partition coefficient (Wildman–Crippen LogP) is 4.75. The number of nitrogens with zero attached hydrogens (tertiary/aromatic N) is 4. The minimum atomic E-state index is 0.105. The van der Waals surface area contributed by atoms with Crippen LogP contribution in [0.3, 0.4) is 0 Å². The van der Waals surface area contributed by atoms with Crippen LogP contribution in [0.15, 0.2) is 36.4 Å². The van der Waals surface area contributed by atoms with Crippen LogP contribution >= 0.6 is 12.2 Å². The first-order valence-corrected chi connectivity index (χ1v) is 12.0. The number of piperidine rings is 2. The fourth-order valence-corrected chi connectivity index (χ4v) is 4.75. The SMILES string of the molecule is C[C@@H]1CCCN(c2cc(N3CCCCC3)nc(NC(=S)N[C@@H](C)c3ccccc3)n2)C1. The molecule has 0 saturated carbocycles. The number of nitrogens with one attached hydrogen (secondary N) is 2. The maximum Gasteiger partial charge on any atom is 0.232 e. The van der Waals surface area contributed by atoms with Crippen LogP contribution < -0.4 is 20.4 Å². The van der Waals surface area contributed by atoms with Crippen molar-refractivity contribution in [2.75, 3.05) is 41.3 Å². The molecule has 2 aliphatic heterocycles. The standard InChI is InChI=1S/C24H34N6S/c1-18-10-9-15-30(17-18)22-16-21(29-13-7-4-8-14-29)26-23(27-22)28-24(31)25-19(2)20-11-5-3-6-12-20/h3,5-6,11-12,16,18-19H,4,7-10,13-15,17H2,1-2H3,(H2,25,26,27,28,31)/t18-,19+/m1/s1. The Labute approximate surface area is 191 Å². The van der Waals surface area contributed by atoms with E-state index in [-0.39, 0.29) is 6.04 Å². The van der Waals surface area contributed by atoms with Crippen LogP contribution in [0, 0.1) is 5.92 Å². The normalized spacial score (nSPS) is 20.3. The molecule has 0 unspecified atom stereocenters. The summed E-state index contributed by atoms with van der Waals surface area (Å²) < 4.78 is 0. The number of benzene rings is 1. The molecule has 0 amide bonds. The molecule has 0 aliphatic carbocycles. The zero-order valence-corrected chi connectivity index (χ0v) is 19.5. The van der Waals surface area contributed by atoms with E-state index in [0.29, 0.717) is 17.0 Å². The van der Waals surface area contributed by atoms with Gasteiger partial charge in [-0.2, -0.15) is 9.97 Å². The molecule has 4 rings (SSSR count). The van der Waals surface area contributed by atoms with Gasteiger partial charge in [0.1, 0.15) is 11.6 Å². The van der Waals surface area contributed by atoms with Crippen LogP contribution in [0.4, 0.5) is 17.6 Å². The molecule has 2 saturated heterocycles. The Bertz CT molecular complexity index is 868. The topological polar surface area (TPSA) is 56.3 Å². The van der Waals surface area contributed by atoms with Crippen molar-refractivity contribution in [3.63, 3.8) is 0 Å². The molecule has 2 aromatic rings. The van der Waals surface area contributed by atoms with E-state index < -0.39 is 0 Å².